The number of rotatable bonds is 6. The van der Waals surface area contributed by atoms with Gasteiger partial charge in [-0.15, -0.1) is 0 Å². The number of ether oxygens (including phenoxy) is 3. The van der Waals surface area contributed by atoms with E-state index < -0.39 is 24.3 Å². The number of amides is 2. The second-order valence-corrected chi connectivity index (χ2v) is 7.89. The highest BCUT2D eigenvalue weighted by atomic mass is 19.3. The van der Waals surface area contributed by atoms with Crippen LogP contribution in [0.1, 0.15) is 39.2 Å². The monoisotopic (exact) mass is 414 g/mol. The number of carbonyl (C=O) groups is 2. The Labute approximate surface area is 169 Å². The molecule has 162 valence electrons. The van der Waals surface area contributed by atoms with E-state index in [-0.39, 0.29) is 24.0 Å². The molecule has 9 heteroatoms. The zero-order valence-electron chi connectivity index (χ0n) is 17.4. The molecule has 1 fully saturated rings. The highest BCUT2D eigenvalue weighted by molar-refractivity contribution is 5.86. The average molecular weight is 414 g/mol. The van der Waals surface area contributed by atoms with Crippen molar-refractivity contribution >= 4 is 12.0 Å². The molecule has 1 saturated heterocycles. The summed E-state index contributed by atoms with van der Waals surface area (Å²) in [5.74, 6) is -0.160. The molecule has 1 heterocycles. The lowest BCUT2D eigenvalue weighted by Gasteiger charge is -2.30. The number of halogens is 2. The maximum atomic E-state index is 12.9. The first kappa shape index (κ1) is 22.7. The minimum atomic E-state index is -2.99. The fraction of sp³-hybridized carbons (Fsp3) is 0.600. The van der Waals surface area contributed by atoms with Gasteiger partial charge in [-0.05, 0) is 51.3 Å². The molecule has 1 aliphatic rings. The van der Waals surface area contributed by atoms with Gasteiger partial charge in [-0.3, -0.25) is 9.69 Å². The van der Waals surface area contributed by atoms with E-state index in [0.29, 0.717) is 24.9 Å². The molecule has 1 aromatic rings. The van der Waals surface area contributed by atoms with Gasteiger partial charge < -0.3 is 19.1 Å². The summed E-state index contributed by atoms with van der Waals surface area (Å²) in [5.41, 5.74) is -0.0530. The van der Waals surface area contributed by atoms with Gasteiger partial charge in [-0.25, -0.2) is 4.79 Å². The van der Waals surface area contributed by atoms with Crippen LogP contribution in [0.4, 0.5) is 13.6 Å². The van der Waals surface area contributed by atoms with Crippen LogP contribution < -0.4 is 9.47 Å². The van der Waals surface area contributed by atoms with E-state index in [1.165, 1.54) is 29.0 Å². The van der Waals surface area contributed by atoms with Crippen molar-refractivity contribution in [2.75, 3.05) is 20.7 Å². The number of likely N-dealkylation sites (tertiary alicyclic amines) is 1. The highest BCUT2D eigenvalue weighted by Gasteiger charge is 2.37. The Balaban J connectivity index is 2.09. The molecule has 2 amide bonds. The smallest absolute Gasteiger partial charge is 0.410 e. The Bertz CT molecular complexity index is 736. The van der Waals surface area contributed by atoms with Gasteiger partial charge in [0.1, 0.15) is 11.6 Å². The van der Waals surface area contributed by atoms with Gasteiger partial charge in [0.25, 0.3) is 0 Å². The van der Waals surface area contributed by atoms with E-state index in [9.17, 15) is 18.4 Å². The molecule has 0 aliphatic carbocycles. The van der Waals surface area contributed by atoms with Crippen molar-refractivity contribution in [2.24, 2.45) is 0 Å². The first-order valence-corrected chi connectivity index (χ1v) is 9.38. The molecule has 0 spiro atoms. The Morgan fingerprint density at radius 2 is 1.97 bits per heavy atom. The number of nitrogens with zero attached hydrogens (tertiary/aromatic N) is 2. The highest BCUT2D eigenvalue weighted by Crippen LogP contribution is 2.30. The summed E-state index contributed by atoms with van der Waals surface area (Å²) in [6, 6.07) is 3.98. The van der Waals surface area contributed by atoms with Crippen LogP contribution in [0.5, 0.6) is 11.5 Å². The Kier molecular flexibility index (Phi) is 7.26. The summed E-state index contributed by atoms with van der Waals surface area (Å²) in [6.07, 6.45) is 0.738. The van der Waals surface area contributed by atoms with Crippen LogP contribution in [0.2, 0.25) is 0 Å². The van der Waals surface area contributed by atoms with Crippen LogP contribution in [-0.4, -0.2) is 60.8 Å². The molecule has 1 aromatic carbocycles. The summed E-state index contributed by atoms with van der Waals surface area (Å²) in [6.45, 7) is 2.94. The van der Waals surface area contributed by atoms with Crippen LogP contribution in [0.25, 0.3) is 0 Å². The largest absolute Gasteiger partial charge is 0.493 e. The lowest BCUT2D eigenvalue weighted by molar-refractivity contribution is -0.135. The Morgan fingerprint density at radius 1 is 1.28 bits per heavy atom. The average Bonchev–Trinajstić information content (AvgIpc) is 3.09. The molecule has 0 aromatic heterocycles. The van der Waals surface area contributed by atoms with E-state index in [2.05, 4.69) is 4.74 Å². The Morgan fingerprint density at radius 3 is 2.55 bits per heavy atom. The van der Waals surface area contributed by atoms with Crippen molar-refractivity contribution in [3.8, 4) is 11.5 Å². The van der Waals surface area contributed by atoms with Gasteiger partial charge >= 0.3 is 12.7 Å². The van der Waals surface area contributed by atoms with Crippen molar-refractivity contribution in [1.82, 2.24) is 9.80 Å². The number of benzene rings is 1. The van der Waals surface area contributed by atoms with Gasteiger partial charge in [0, 0.05) is 20.1 Å². The fourth-order valence-electron chi connectivity index (χ4n) is 3.18. The topological polar surface area (TPSA) is 68.3 Å². The normalized spacial score (nSPS) is 16.7. The third-order valence-corrected chi connectivity index (χ3v) is 4.41. The second kappa shape index (κ2) is 9.28. The molecule has 0 unspecified atom stereocenters. The van der Waals surface area contributed by atoms with Gasteiger partial charge in [-0.1, -0.05) is 6.07 Å². The van der Waals surface area contributed by atoms with Crippen LogP contribution in [-0.2, 0) is 16.1 Å². The zero-order valence-corrected chi connectivity index (χ0v) is 17.4. The minimum absolute atomic E-state index is 0.0999. The number of hydrogen-bond donors (Lipinski definition) is 0. The molecule has 0 N–H and O–H groups in total. The lowest BCUT2D eigenvalue weighted by Crippen LogP contribution is -2.47. The molecule has 1 aliphatic heterocycles. The van der Waals surface area contributed by atoms with E-state index in [1.54, 1.807) is 33.9 Å². The van der Waals surface area contributed by atoms with Crippen molar-refractivity contribution in [1.29, 1.82) is 0 Å². The SMILES string of the molecule is COc1ccc(CN(C)C(=O)[C@@H]2CCCN2C(=O)OC(C)(C)C)cc1OC(F)F. The molecule has 0 radical (unpaired) electrons. The second-order valence-electron chi connectivity index (χ2n) is 7.89. The van der Waals surface area contributed by atoms with Crippen molar-refractivity contribution in [3.05, 3.63) is 23.8 Å². The van der Waals surface area contributed by atoms with Crippen LogP contribution >= 0.6 is 0 Å². The quantitative estimate of drug-likeness (QED) is 0.711. The van der Waals surface area contributed by atoms with E-state index in [1.807, 2.05) is 0 Å². The van der Waals surface area contributed by atoms with Gasteiger partial charge in [-0.2, -0.15) is 8.78 Å². The van der Waals surface area contributed by atoms with E-state index in [0.717, 1.165) is 0 Å². The van der Waals surface area contributed by atoms with E-state index in [4.69, 9.17) is 9.47 Å². The summed E-state index contributed by atoms with van der Waals surface area (Å²) in [4.78, 5) is 28.2. The van der Waals surface area contributed by atoms with Crippen molar-refractivity contribution in [2.45, 2.75) is 58.4 Å². The molecule has 0 bridgehead atoms. The molecule has 29 heavy (non-hydrogen) atoms. The zero-order chi connectivity index (χ0) is 21.8. The summed E-state index contributed by atoms with van der Waals surface area (Å²) >= 11 is 0. The number of carbonyl (C=O) groups excluding carboxylic acids is 2. The number of hydrogen-bond acceptors (Lipinski definition) is 5. The Hall–Kier alpha value is -2.58. The standard InChI is InChI=1S/C20H28F2N2O5/c1-20(2,3)29-19(26)24-10-6-7-14(24)17(25)23(4)12-13-8-9-15(27-5)16(11-13)28-18(21)22/h8-9,11,14,18H,6-7,10,12H2,1-5H3/t14-/m0/s1. The molecule has 7 nitrogen and oxygen atoms in total. The van der Waals surface area contributed by atoms with Crippen molar-refractivity contribution in [3.63, 3.8) is 0 Å². The maximum absolute atomic E-state index is 12.9. The maximum Gasteiger partial charge on any atom is 0.410 e. The first-order valence-electron chi connectivity index (χ1n) is 9.38. The number of alkyl halides is 2. The minimum Gasteiger partial charge on any atom is -0.493 e. The fourth-order valence-corrected chi connectivity index (χ4v) is 3.18. The van der Waals surface area contributed by atoms with Gasteiger partial charge in [0.05, 0.1) is 7.11 Å². The molecular formula is C20H28F2N2O5. The summed E-state index contributed by atoms with van der Waals surface area (Å²) < 4.78 is 40.1. The molecule has 1 atom stereocenters. The third kappa shape index (κ3) is 6.20. The van der Waals surface area contributed by atoms with E-state index >= 15 is 0 Å². The lowest BCUT2D eigenvalue weighted by atomic mass is 10.1. The predicted molar refractivity (Wildman–Crippen MR) is 102 cm³/mol. The van der Waals surface area contributed by atoms with Crippen LogP contribution in [0.3, 0.4) is 0 Å². The van der Waals surface area contributed by atoms with Crippen LogP contribution in [0.15, 0.2) is 18.2 Å². The van der Waals surface area contributed by atoms with Crippen LogP contribution in [0, 0.1) is 0 Å². The van der Waals surface area contributed by atoms with Crippen molar-refractivity contribution < 1.29 is 32.6 Å². The summed E-state index contributed by atoms with van der Waals surface area (Å²) in [5, 5.41) is 0. The molecule has 0 saturated carbocycles. The molecular weight excluding hydrogens is 386 g/mol. The third-order valence-electron chi connectivity index (χ3n) is 4.41. The predicted octanol–water partition coefficient (Wildman–Crippen LogP) is 3.65. The van der Waals surface area contributed by atoms with Gasteiger partial charge in [0.15, 0.2) is 11.5 Å². The first-order chi connectivity index (χ1) is 13.5. The molecule has 2 rings (SSSR count). The summed E-state index contributed by atoms with van der Waals surface area (Å²) in [7, 11) is 2.96. The number of methoxy groups -OCH3 is 1. The number of likely N-dealkylation sites (N-methyl/N-ethyl adjacent to an activating group) is 1. The van der Waals surface area contributed by atoms with Gasteiger partial charge in [0.2, 0.25) is 5.91 Å².